The van der Waals surface area contributed by atoms with Crippen molar-refractivity contribution in [3.8, 4) is 10.6 Å². The molecule has 0 aromatic carbocycles. The van der Waals surface area contributed by atoms with Crippen LogP contribution in [0.2, 0.25) is 0 Å². The van der Waals surface area contributed by atoms with Crippen LogP contribution in [0.5, 0.6) is 0 Å². The molecule has 106 valence electrons. The number of nitrogens with zero attached hydrogens (tertiary/aromatic N) is 1. The third kappa shape index (κ3) is 2.76. The number of hydrogen-bond acceptors (Lipinski definition) is 5. The second kappa shape index (κ2) is 5.76. The van der Waals surface area contributed by atoms with Gasteiger partial charge in [0, 0.05) is 6.04 Å². The molecule has 0 aliphatic heterocycles. The van der Waals surface area contributed by atoms with Crippen molar-refractivity contribution in [3.05, 3.63) is 29.6 Å². The number of aliphatic hydroxyl groups excluding tert-OH is 1. The Kier molecular flexibility index (Phi) is 3.84. The molecular weight excluding hydrogens is 276 g/mol. The second-order valence-electron chi connectivity index (χ2n) is 4.99. The third-order valence-corrected chi connectivity index (χ3v) is 4.43. The predicted octanol–water partition coefficient (Wildman–Crippen LogP) is 2.44. The molecule has 1 amide bonds. The Morgan fingerprint density at radius 2 is 2.20 bits per heavy atom. The van der Waals surface area contributed by atoms with Gasteiger partial charge in [-0.15, -0.1) is 11.3 Å². The summed E-state index contributed by atoms with van der Waals surface area (Å²) in [6.45, 7) is 0. The van der Waals surface area contributed by atoms with Crippen molar-refractivity contribution in [1.82, 2.24) is 10.3 Å². The zero-order valence-electron chi connectivity index (χ0n) is 10.9. The number of amides is 1. The maximum Gasteiger partial charge on any atom is 0.274 e. The third-order valence-electron chi connectivity index (χ3n) is 3.56. The smallest absolute Gasteiger partial charge is 0.274 e. The van der Waals surface area contributed by atoms with E-state index in [1.807, 2.05) is 17.5 Å². The summed E-state index contributed by atoms with van der Waals surface area (Å²) in [4.78, 5) is 17.2. The van der Waals surface area contributed by atoms with E-state index in [1.54, 1.807) is 0 Å². The molecule has 1 fully saturated rings. The molecule has 0 atom stereocenters. The molecule has 0 radical (unpaired) electrons. The Hall–Kier alpha value is -1.66. The number of nitrogens with one attached hydrogen (secondary N) is 1. The summed E-state index contributed by atoms with van der Waals surface area (Å²) in [5, 5.41) is 14.4. The van der Waals surface area contributed by atoms with Gasteiger partial charge in [0.15, 0.2) is 17.8 Å². The highest BCUT2D eigenvalue weighted by molar-refractivity contribution is 7.13. The lowest BCUT2D eigenvalue weighted by Gasteiger charge is -2.25. The molecule has 0 unspecified atom stereocenters. The van der Waals surface area contributed by atoms with Crippen LogP contribution < -0.4 is 5.32 Å². The molecule has 2 N–H and O–H groups in total. The summed E-state index contributed by atoms with van der Waals surface area (Å²) >= 11 is 1.51. The summed E-state index contributed by atoms with van der Waals surface area (Å²) < 4.78 is 5.33. The molecule has 0 saturated heterocycles. The summed E-state index contributed by atoms with van der Waals surface area (Å²) in [5.41, 5.74) is 0.332. The largest absolute Gasteiger partial charge is 0.442 e. The van der Waals surface area contributed by atoms with Crippen molar-refractivity contribution < 1.29 is 14.3 Å². The van der Waals surface area contributed by atoms with Gasteiger partial charge >= 0.3 is 0 Å². The number of carbonyl (C=O) groups excluding carboxylic acids is 1. The highest BCUT2D eigenvalue weighted by Gasteiger charge is 2.24. The quantitative estimate of drug-likeness (QED) is 0.911. The molecule has 2 aromatic rings. The predicted molar refractivity (Wildman–Crippen MR) is 75.5 cm³/mol. The minimum Gasteiger partial charge on any atom is -0.442 e. The van der Waals surface area contributed by atoms with Gasteiger partial charge < -0.3 is 14.8 Å². The molecule has 1 aliphatic rings. The van der Waals surface area contributed by atoms with Gasteiger partial charge in [0.1, 0.15) is 0 Å². The summed E-state index contributed by atoms with van der Waals surface area (Å²) in [6, 6.07) is 3.92. The Balaban J connectivity index is 1.70. The first kappa shape index (κ1) is 13.3. The normalized spacial score (nSPS) is 22.6. The van der Waals surface area contributed by atoms with Gasteiger partial charge in [-0.2, -0.15) is 0 Å². The van der Waals surface area contributed by atoms with E-state index in [0.717, 1.165) is 30.6 Å². The summed E-state index contributed by atoms with van der Waals surface area (Å²) in [7, 11) is 0. The molecule has 2 heterocycles. The van der Waals surface area contributed by atoms with E-state index in [-0.39, 0.29) is 18.1 Å². The van der Waals surface area contributed by atoms with Gasteiger partial charge in [-0.3, -0.25) is 4.79 Å². The lowest BCUT2D eigenvalue weighted by Crippen LogP contribution is -2.38. The van der Waals surface area contributed by atoms with Crippen LogP contribution in [0.1, 0.15) is 36.2 Å². The van der Waals surface area contributed by atoms with Crippen molar-refractivity contribution in [2.75, 3.05) is 0 Å². The van der Waals surface area contributed by atoms with E-state index in [4.69, 9.17) is 4.42 Å². The molecule has 1 saturated carbocycles. The number of aliphatic hydroxyl groups is 1. The molecule has 5 nitrogen and oxygen atoms in total. The number of rotatable bonds is 3. The van der Waals surface area contributed by atoms with Crippen LogP contribution in [0, 0.1) is 0 Å². The van der Waals surface area contributed by atoms with E-state index in [0.29, 0.717) is 11.5 Å². The van der Waals surface area contributed by atoms with Crippen molar-refractivity contribution in [1.29, 1.82) is 0 Å². The van der Waals surface area contributed by atoms with Gasteiger partial charge in [0.05, 0.1) is 11.0 Å². The average molecular weight is 292 g/mol. The molecule has 20 heavy (non-hydrogen) atoms. The zero-order chi connectivity index (χ0) is 13.9. The van der Waals surface area contributed by atoms with E-state index >= 15 is 0 Å². The minimum atomic E-state index is -0.225. The summed E-state index contributed by atoms with van der Waals surface area (Å²) in [6.07, 6.45) is 4.16. The zero-order valence-corrected chi connectivity index (χ0v) is 11.7. The summed E-state index contributed by atoms with van der Waals surface area (Å²) in [5.74, 6) is 0.317. The van der Waals surface area contributed by atoms with E-state index in [9.17, 15) is 9.90 Å². The SMILES string of the molecule is O=C(NC1CCC(O)CC1)c1ncoc1-c1cccs1. The van der Waals surface area contributed by atoms with Crippen LogP contribution in [-0.4, -0.2) is 28.1 Å². The fraction of sp³-hybridized carbons (Fsp3) is 0.429. The van der Waals surface area contributed by atoms with Gasteiger partial charge in [-0.25, -0.2) is 4.98 Å². The van der Waals surface area contributed by atoms with Crippen molar-refractivity contribution in [2.45, 2.75) is 37.8 Å². The van der Waals surface area contributed by atoms with Gasteiger partial charge in [-0.1, -0.05) is 6.07 Å². The Labute approximate surface area is 120 Å². The highest BCUT2D eigenvalue weighted by Crippen LogP contribution is 2.28. The standard InChI is InChI=1S/C14H16N2O3S/c17-10-5-3-9(4-6-10)16-14(18)12-13(19-8-15-12)11-2-1-7-20-11/h1-2,7-10,17H,3-6H2,(H,16,18). The van der Waals surface area contributed by atoms with Crippen LogP contribution in [-0.2, 0) is 0 Å². The molecule has 0 spiro atoms. The maximum atomic E-state index is 12.3. The fourth-order valence-electron chi connectivity index (χ4n) is 2.46. The Bertz CT molecular complexity index is 571. The van der Waals surface area contributed by atoms with Crippen LogP contribution in [0.3, 0.4) is 0 Å². The average Bonchev–Trinajstić information content (AvgIpc) is 3.11. The highest BCUT2D eigenvalue weighted by atomic mass is 32.1. The Morgan fingerprint density at radius 3 is 2.90 bits per heavy atom. The molecular formula is C14H16N2O3S. The second-order valence-corrected chi connectivity index (χ2v) is 5.93. The fourth-order valence-corrected chi connectivity index (χ4v) is 3.18. The van der Waals surface area contributed by atoms with Gasteiger partial charge in [-0.05, 0) is 37.1 Å². The number of carbonyl (C=O) groups is 1. The van der Waals surface area contributed by atoms with E-state index in [1.165, 1.54) is 17.7 Å². The first-order chi connectivity index (χ1) is 9.74. The van der Waals surface area contributed by atoms with Crippen molar-refractivity contribution in [2.24, 2.45) is 0 Å². The molecule has 1 aliphatic carbocycles. The van der Waals surface area contributed by atoms with Crippen LogP contribution in [0.25, 0.3) is 10.6 Å². The van der Waals surface area contributed by atoms with Crippen LogP contribution in [0.4, 0.5) is 0 Å². The lowest BCUT2D eigenvalue weighted by atomic mass is 9.93. The van der Waals surface area contributed by atoms with E-state index < -0.39 is 0 Å². The van der Waals surface area contributed by atoms with Crippen molar-refractivity contribution >= 4 is 17.2 Å². The Morgan fingerprint density at radius 1 is 1.40 bits per heavy atom. The number of aromatic nitrogens is 1. The first-order valence-electron chi connectivity index (χ1n) is 6.70. The molecule has 0 bridgehead atoms. The lowest BCUT2D eigenvalue weighted by molar-refractivity contribution is 0.0864. The molecule has 6 heteroatoms. The van der Waals surface area contributed by atoms with Crippen LogP contribution >= 0.6 is 11.3 Å². The van der Waals surface area contributed by atoms with Crippen LogP contribution in [0.15, 0.2) is 28.3 Å². The number of hydrogen-bond donors (Lipinski definition) is 2. The molecule has 3 rings (SSSR count). The van der Waals surface area contributed by atoms with Gasteiger partial charge in [0.25, 0.3) is 5.91 Å². The van der Waals surface area contributed by atoms with Crippen molar-refractivity contribution in [3.63, 3.8) is 0 Å². The molecule has 2 aromatic heterocycles. The van der Waals surface area contributed by atoms with E-state index in [2.05, 4.69) is 10.3 Å². The van der Waals surface area contributed by atoms with Gasteiger partial charge in [0.2, 0.25) is 0 Å². The maximum absolute atomic E-state index is 12.3. The minimum absolute atomic E-state index is 0.110. The monoisotopic (exact) mass is 292 g/mol. The first-order valence-corrected chi connectivity index (χ1v) is 7.58. The topological polar surface area (TPSA) is 75.4 Å². The number of thiophene rings is 1. The number of oxazole rings is 1.